The SMILES string of the molecule is CCNC(=NCc1ccco1)NCC(c1cccc(Cl)c1)N1CCOCC1. The number of morpholine rings is 1. The van der Waals surface area contributed by atoms with Crippen LogP contribution in [-0.4, -0.2) is 50.3 Å². The standard InChI is InChI=1S/C20H27ClN4O2/c1-2-22-20(23-14-18-7-4-10-27-18)24-15-19(25-8-11-26-12-9-25)16-5-3-6-17(21)13-16/h3-7,10,13,19H,2,8-9,11-12,14-15H2,1H3,(H2,22,23,24). The number of aliphatic imine (C=N–C) groups is 1. The molecular weight excluding hydrogens is 364 g/mol. The molecule has 6 nitrogen and oxygen atoms in total. The Balaban J connectivity index is 1.70. The third kappa shape index (κ3) is 5.99. The van der Waals surface area contributed by atoms with Gasteiger partial charge in [0.2, 0.25) is 0 Å². The molecule has 0 radical (unpaired) electrons. The Morgan fingerprint density at radius 3 is 2.78 bits per heavy atom. The van der Waals surface area contributed by atoms with Crippen LogP contribution in [0.5, 0.6) is 0 Å². The van der Waals surface area contributed by atoms with E-state index in [1.807, 2.05) is 30.3 Å². The fourth-order valence-corrected chi connectivity index (χ4v) is 3.35. The molecule has 0 saturated carbocycles. The van der Waals surface area contributed by atoms with Crippen LogP contribution >= 0.6 is 11.6 Å². The lowest BCUT2D eigenvalue weighted by molar-refractivity contribution is 0.0170. The number of hydrogen-bond acceptors (Lipinski definition) is 4. The number of hydrogen-bond donors (Lipinski definition) is 2. The van der Waals surface area contributed by atoms with Crippen molar-refractivity contribution in [2.45, 2.75) is 19.5 Å². The first-order chi connectivity index (χ1) is 13.3. The van der Waals surface area contributed by atoms with Gasteiger partial charge in [0.25, 0.3) is 0 Å². The number of ether oxygens (including phenoxy) is 1. The Labute approximate surface area is 165 Å². The number of guanidine groups is 1. The quantitative estimate of drug-likeness (QED) is 0.562. The maximum absolute atomic E-state index is 6.24. The second-order valence-electron chi connectivity index (χ2n) is 6.37. The van der Waals surface area contributed by atoms with Gasteiger partial charge in [0.1, 0.15) is 12.3 Å². The topological polar surface area (TPSA) is 62.0 Å². The maximum atomic E-state index is 6.24. The number of halogens is 1. The zero-order valence-electron chi connectivity index (χ0n) is 15.7. The highest BCUT2D eigenvalue weighted by Gasteiger charge is 2.23. The van der Waals surface area contributed by atoms with E-state index in [2.05, 4.69) is 33.5 Å². The molecule has 7 heteroatoms. The van der Waals surface area contributed by atoms with Crippen molar-refractivity contribution in [1.82, 2.24) is 15.5 Å². The molecule has 1 atom stereocenters. The van der Waals surface area contributed by atoms with E-state index in [0.29, 0.717) is 6.54 Å². The summed E-state index contributed by atoms with van der Waals surface area (Å²) in [4.78, 5) is 7.04. The molecule has 27 heavy (non-hydrogen) atoms. The number of nitrogens with one attached hydrogen (secondary N) is 2. The lowest BCUT2D eigenvalue weighted by Gasteiger charge is -2.35. The van der Waals surface area contributed by atoms with Gasteiger partial charge >= 0.3 is 0 Å². The Morgan fingerprint density at radius 2 is 2.07 bits per heavy atom. The maximum Gasteiger partial charge on any atom is 0.191 e. The van der Waals surface area contributed by atoms with Crippen molar-refractivity contribution in [2.24, 2.45) is 4.99 Å². The molecule has 146 valence electrons. The van der Waals surface area contributed by atoms with E-state index in [4.69, 9.17) is 20.8 Å². The average Bonchev–Trinajstić information content (AvgIpc) is 3.21. The summed E-state index contributed by atoms with van der Waals surface area (Å²) in [7, 11) is 0. The Bertz CT molecular complexity index is 715. The van der Waals surface area contributed by atoms with Crippen LogP contribution in [0.1, 0.15) is 24.3 Å². The lowest BCUT2D eigenvalue weighted by atomic mass is 10.0. The fourth-order valence-electron chi connectivity index (χ4n) is 3.16. The summed E-state index contributed by atoms with van der Waals surface area (Å²) in [6, 6.07) is 12.1. The van der Waals surface area contributed by atoms with Crippen molar-refractivity contribution in [1.29, 1.82) is 0 Å². The summed E-state index contributed by atoms with van der Waals surface area (Å²) in [5, 5.41) is 7.52. The number of benzene rings is 1. The lowest BCUT2D eigenvalue weighted by Crippen LogP contribution is -2.46. The molecule has 0 amide bonds. The van der Waals surface area contributed by atoms with Crippen LogP contribution in [0.2, 0.25) is 5.02 Å². The zero-order chi connectivity index (χ0) is 18.9. The van der Waals surface area contributed by atoms with E-state index in [1.54, 1.807) is 6.26 Å². The van der Waals surface area contributed by atoms with Crippen molar-refractivity contribution < 1.29 is 9.15 Å². The smallest absolute Gasteiger partial charge is 0.191 e. The monoisotopic (exact) mass is 390 g/mol. The molecule has 1 saturated heterocycles. The largest absolute Gasteiger partial charge is 0.467 e. The Kier molecular flexibility index (Phi) is 7.56. The highest BCUT2D eigenvalue weighted by Crippen LogP contribution is 2.24. The normalized spacial score (nSPS) is 16.9. The number of furan rings is 1. The molecule has 0 spiro atoms. The Hall–Kier alpha value is -2.02. The molecular formula is C20H27ClN4O2. The molecule has 1 aliphatic heterocycles. The minimum atomic E-state index is 0.195. The summed E-state index contributed by atoms with van der Waals surface area (Å²) in [5.74, 6) is 1.61. The van der Waals surface area contributed by atoms with Gasteiger partial charge in [-0.3, -0.25) is 4.90 Å². The van der Waals surface area contributed by atoms with E-state index in [1.165, 1.54) is 5.56 Å². The number of rotatable bonds is 7. The molecule has 1 aliphatic rings. The molecule has 2 N–H and O–H groups in total. The fraction of sp³-hybridized carbons (Fsp3) is 0.450. The van der Waals surface area contributed by atoms with Gasteiger partial charge < -0.3 is 19.8 Å². The van der Waals surface area contributed by atoms with Crippen LogP contribution in [0.4, 0.5) is 0 Å². The highest BCUT2D eigenvalue weighted by atomic mass is 35.5. The molecule has 0 aliphatic carbocycles. The predicted octanol–water partition coefficient (Wildman–Crippen LogP) is 3.06. The molecule has 2 heterocycles. The van der Waals surface area contributed by atoms with Crippen LogP contribution in [0, 0.1) is 0 Å². The molecule has 2 aromatic rings. The van der Waals surface area contributed by atoms with Gasteiger partial charge in [-0.25, -0.2) is 4.99 Å². The highest BCUT2D eigenvalue weighted by molar-refractivity contribution is 6.30. The van der Waals surface area contributed by atoms with E-state index >= 15 is 0 Å². The van der Waals surface area contributed by atoms with Crippen LogP contribution < -0.4 is 10.6 Å². The van der Waals surface area contributed by atoms with Crippen LogP contribution in [0.25, 0.3) is 0 Å². The minimum Gasteiger partial charge on any atom is -0.467 e. The van der Waals surface area contributed by atoms with E-state index in [9.17, 15) is 0 Å². The first kappa shape index (κ1) is 19.7. The molecule has 1 aromatic carbocycles. The Morgan fingerprint density at radius 1 is 1.22 bits per heavy atom. The van der Waals surface area contributed by atoms with Gasteiger partial charge in [0.05, 0.1) is 25.5 Å². The van der Waals surface area contributed by atoms with Crippen molar-refractivity contribution in [2.75, 3.05) is 39.4 Å². The van der Waals surface area contributed by atoms with Gasteiger partial charge in [-0.15, -0.1) is 0 Å². The van der Waals surface area contributed by atoms with Gasteiger partial charge in [-0.05, 0) is 36.8 Å². The molecule has 1 aromatic heterocycles. The third-order valence-corrected chi connectivity index (χ3v) is 4.74. The van der Waals surface area contributed by atoms with Crippen LogP contribution in [0.15, 0.2) is 52.1 Å². The average molecular weight is 391 g/mol. The predicted molar refractivity (Wildman–Crippen MR) is 108 cm³/mol. The van der Waals surface area contributed by atoms with E-state index in [-0.39, 0.29) is 6.04 Å². The van der Waals surface area contributed by atoms with Crippen molar-refractivity contribution >= 4 is 17.6 Å². The summed E-state index contributed by atoms with van der Waals surface area (Å²) in [5.41, 5.74) is 1.19. The third-order valence-electron chi connectivity index (χ3n) is 4.50. The molecule has 1 fully saturated rings. The summed E-state index contributed by atoms with van der Waals surface area (Å²) in [6.45, 7) is 7.39. The van der Waals surface area contributed by atoms with Crippen LogP contribution in [0.3, 0.4) is 0 Å². The molecule has 0 bridgehead atoms. The first-order valence-corrected chi connectivity index (χ1v) is 9.76. The summed E-state index contributed by atoms with van der Waals surface area (Å²) >= 11 is 6.24. The van der Waals surface area contributed by atoms with Crippen molar-refractivity contribution in [3.63, 3.8) is 0 Å². The van der Waals surface area contributed by atoms with E-state index < -0.39 is 0 Å². The molecule has 3 rings (SSSR count). The molecule has 1 unspecified atom stereocenters. The number of nitrogens with zero attached hydrogens (tertiary/aromatic N) is 2. The van der Waals surface area contributed by atoms with E-state index in [0.717, 1.165) is 56.1 Å². The second kappa shape index (κ2) is 10.3. The van der Waals surface area contributed by atoms with Crippen molar-refractivity contribution in [3.05, 3.63) is 59.0 Å². The second-order valence-corrected chi connectivity index (χ2v) is 6.81. The van der Waals surface area contributed by atoms with Gasteiger partial charge in [0, 0.05) is 31.2 Å². The zero-order valence-corrected chi connectivity index (χ0v) is 16.4. The van der Waals surface area contributed by atoms with Gasteiger partial charge in [-0.1, -0.05) is 23.7 Å². The van der Waals surface area contributed by atoms with Gasteiger partial charge in [0.15, 0.2) is 5.96 Å². The minimum absolute atomic E-state index is 0.195. The summed E-state index contributed by atoms with van der Waals surface area (Å²) in [6.07, 6.45) is 1.67. The van der Waals surface area contributed by atoms with Gasteiger partial charge in [-0.2, -0.15) is 0 Å². The van der Waals surface area contributed by atoms with Crippen molar-refractivity contribution in [3.8, 4) is 0 Å². The van der Waals surface area contributed by atoms with Crippen LogP contribution in [-0.2, 0) is 11.3 Å². The first-order valence-electron chi connectivity index (χ1n) is 9.38. The summed E-state index contributed by atoms with van der Waals surface area (Å²) < 4.78 is 10.9.